The van der Waals surface area contributed by atoms with Crippen LogP contribution in [0.5, 0.6) is 0 Å². The first-order valence-electron chi connectivity index (χ1n) is 9.80. The minimum absolute atomic E-state index is 0.263. The van der Waals surface area contributed by atoms with E-state index in [-0.39, 0.29) is 5.41 Å². The number of piperidine rings is 1. The average molecular weight is 365 g/mol. The van der Waals surface area contributed by atoms with E-state index in [0.717, 1.165) is 55.9 Å². The number of amides is 1. The zero-order valence-corrected chi connectivity index (χ0v) is 16.1. The standard InChI is InChI=1S/C22H27N3O2/c1-16-23-14-18(15-27-2)20(24-16)17-8-12-25(13-9-17)21(26)22(10-11-22)19-6-4-3-5-7-19/h3-7,14,17H,8-13,15H2,1-2H3. The number of aromatic nitrogens is 2. The summed E-state index contributed by atoms with van der Waals surface area (Å²) in [6, 6.07) is 10.3. The molecule has 5 heteroatoms. The van der Waals surface area contributed by atoms with Crippen molar-refractivity contribution < 1.29 is 9.53 Å². The molecule has 1 aliphatic carbocycles. The van der Waals surface area contributed by atoms with Crippen molar-refractivity contribution in [3.05, 3.63) is 59.2 Å². The third-order valence-corrected chi connectivity index (χ3v) is 5.97. The summed E-state index contributed by atoms with van der Waals surface area (Å²) in [7, 11) is 1.70. The molecular formula is C22H27N3O2. The van der Waals surface area contributed by atoms with Crippen LogP contribution in [-0.4, -0.2) is 41.0 Å². The van der Waals surface area contributed by atoms with E-state index in [2.05, 4.69) is 22.0 Å². The lowest BCUT2D eigenvalue weighted by Crippen LogP contribution is -2.43. The number of carbonyl (C=O) groups excluding carboxylic acids is 1. The van der Waals surface area contributed by atoms with Crippen molar-refractivity contribution in [2.24, 2.45) is 0 Å². The fourth-order valence-corrected chi connectivity index (χ4v) is 4.30. The van der Waals surface area contributed by atoms with E-state index in [9.17, 15) is 4.79 Å². The van der Waals surface area contributed by atoms with Gasteiger partial charge in [0.25, 0.3) is 0 Å². The minimum atomic E-state index is -0.263. The fourth-order valence-electron chi connectivity index (χ4n) is 4.30. The molecule has 0 atom stereocenters. The fraction of sp³-hybridized carbons (Fsp3) is 0.500. The van der Waals surface area contributed by atoms with Crippen LogP contribution in [0.15, 0.2) is 36.5 Å². The van der Waals surface area contributed by atoms with Crippen molar-refractivity contribution in [2.75, 3.05) is 20.2 Å². The van der Waals surface area contributed by atoms with Gasteiger partial charge in [0.15, 0.2) is 0 Å². The predicted octanol–water partition coefficient (Wildman–Crippen LogP) is 3.37. The van der Waals surface area contributed by atoms with Gasteiger partial charge in [-0.05, 0) is 38.2 Å². The first-order chi connectivity index (χ1) is 13.1. The molecule has 1 saturated carbocycles. The lowest BCUT2D eigenvalue weighted by atomic mass is 9.88. The van der Waals surface area contributed by atoms with Crippen LogP contribution in [0.25, 0.3) is 0 Å². The van der Waals surface area contributed by atoms with Crippen LogP contribution in [-0.2, 0) is 21.6 Å². The second-order valence-electron chi connectivity index (χ2n) is 7.78. The summed E-state index contributed by atoms with van der Waals surface area (Å²) in [5.74, 6) is 1.47. The maximum absolute atomic E-state index is 13.2. The Morgan fingerprint density at radius 3 is 2.56 bits per heavy atom. The van der Waals surface area contributed by atoms with Gasteiger partial charge in [0.1, 0.15) is 5.82 Å². The Kier molecular flexibility index (Phi) is 4.96. The lowest BCUT2D eigenvalue weighted by molar-refractivity contribution is -0.135. The Bertz CT molecular complexity index is 810. The maximum atomic E-state index is 13.2. The van der Waals surface area contributed by atoms with E-state index < -0.39 is 0 Å². The van der Waals surface area contributed by atoms with Crippen LogP contribution in [0.3, 0.4) is 0 Å². The molecule has 1 aliphatic heterocycles. The molecule has 5 nitrogen and oxygen atoms in total. The van der Waals surface area contributed by atoms with Gasteiger partial charge < -0.3 is 9.64 Å². The van der Waals surface area contributed by atoms with Crippen molar-refractivity contribution >= 4 is 5.91 Å². The predicted molar refractivity (Wildman–Crippen MR) is 103 cm³/mol. The smallest absolute Gasteiger partial charge is 0.233 e. The normalized spacial score (nSPS) is 19.1. The van der Waals surface area contributed by atoms with Gasteiger partial charge in [0.05, 0.1) is 17.7 Å². The molecule has 0 bridgehead atoms. The van der Waals surface area contributed by atoms with Crippen LogP contribution in [0.4, 0.5) is 0 Å². The molecule has 2 aliphatic rings. The Labute approximate surface area is 160 Å². The summed E-state index contributed by atoms with van der Waals surface area (Å²) in [6.45, 7) is 4.06. The summed E-state index contributed by atoms with van der Waals surface area (Å²) in [6.07, 6.45) is 5.72. The molecule has 0 N–H and O–H groups in total. The number of hydrogen-bond donors (Lipinski definition) is 0. The molecular weight excluding hydrogens is 338 g/mol. The molecule has 142 valence electrons. The highest BCUT2D eigenvalue weighted by Crippen LogP contribution is 2.50. The number of methoxy groups -OCH3 is 1. The molecule has 2 aromatic rings. The highest BCUT2D eigenvalue weighted by atomic mass is 16.5. The van der Waals surface area contributed by atoms with E-state index in [1.807, 2.05) is 31.3 Å². The second-order valence-corrected chi connectivity index (χ2v) is 7.78. The number of ether oxygens (including phenoxy) is 1. The van der Waals surface area contributed by atoms with Gasteiger partial charge >= 0.3 is 0 Å². The van der Waals surface area contributed by atoms with E-state index >= 15 is 0 Å². The van der Waals surface area contributed by atoms with Crippen molar-refractivity contribution in [2.45, 2.75) is 50.5 Å². The number of rotatable bonds is 5. The summed E-state index contributed by atoms with van der Waals surface area (Å²) >= 11 is 0. The number of likely N-dealkylation sites (tertiary alicyclic amines) is 1. The summed E-state index contributed by atoms with van der Waals surface area (Å²) < 4.78 is 5.32. The van der Waals surface area contributed by atoms with Gasteiger partial charge in [-0.25, -0.2) is 9.97 Å². The van der Waals surface area contributed by atoms with Gasteiger partial charge in [-0.3, -0.25) is 4.79 Å². The van der Waals surface area contributed by atoms with Gasteiger partial charge in [0, 0.05) is 37.9 Å². The third kappa shape index (κ3) is 3.48. The Balaban J connectivity index is 1.46. The molecule has 1 aromatic heterocycles. The first-order valence-corrected chi connectivity index (χ1v) is 9.80. The lowest BCUT2D eigenvalue weighted by Gasteiger charge is -2.35. The molecule has 0 radical (unpaired) electrons. The van der Waals surface area contributed by atoms with Crippen molar-refractivity contribution in [3.8, 4) is 0 Å². The molecule has 1 aromatic carbocycles. The quantitative estimate of drug-likeness (QED) is 0.815. The van der Waals surface area contributed by atoms with Gasteiger partial charge in [-0.15, -0.1) is 0 Å². The second kappa shape index (κ2) is 7.39. The monoisotopic (exact) mass is 365 g/mol. The largest absolute Gasteiger partial charge is 0.380 e. The van der Waals surface area contributed by atoms with Crippen molar-refractivity contribution in [1.29, 1.82) is 0 Å². The van der Waals surface area contributed by atoms with E-state index in [1.54, 1.807) is 7.11 Å². The van der Waals surface area contributed by atoms with Crippen LogP contribution in [0.1, 0.15) is 54.2 Å². The minimum Gasteiger partial charge on any atom is -0.380 e. The Morgan fingerprint density at radius 2 is 1.93 bits per heavy atom. The molecule has 4 rings (SSSR count). The molecule has 2 heterocycles. The Hall–Kier alpha value is -2.27. The number of aryl methyl sites for hydroxylation is 1. The molecule has 0 unspecified atom stereocenters. The van der Waals surface area contributed by atoms with E-state index in [0.29, 0.717) is 18.4 Å². The summed E-state index contributed by atoms with van der Waals surface area (Å²) in [5, 5.41) is 0. The molecule has 0 spiro atoms. The highest BCUT2D eigenvalue weighted by molar-refractivity contribution is 5.91. The van der Waals surface area contributed by atoms with Gasteiger partial charge in [-0.1, -0.05) is 30.3 Å². The summed E-state index contributed by atoms with van der Waals surface area (Å²) in [4.78, 5) is 24.3. The number of nitrogens with zero attached hydrogens (tertiary/aromatic N) is 3. The van der Waals surface area contributed by atoms with Gasteiger partial charge in [-0.2, -0.15) is 0 Å². The van der Waals surface area contributed by atoms with Crippen LogP contribution < -0.4 is 0 Å². The Morgan fingerprint density at radius 1 is 1.22 bits per heavy atom. The van der Waals surface area contributed by atoms with E-state index in [4.69, 9.17) is 9.72 Å². The van der Waals surface area contributed by atoms with E-state index in [1.165, 1.54) is 5.56 Å². The molecule has 27 heavy (non-hydrogen) atoms. The zero-order chi connectivity index (χ0) is 18.9. The molecule has 1 amide bonds. The molecule has 1 saturated heterocycles. The van der Waals surface area contributed by atoms with Crippen molar-refractivity contribution in [3.63, 3.8) is 0 Å². The molecule has 2 fully saturated rings. The van der Waals surface area contributed by atoms with Crippen LogP contribution >= 0.6 is 0 Å². The zero-order valence-electron chi connectivity index (χ0n) is 16.1. The van der Waals surface area contributed by atoms with Gasteiger partial charge in [0.2, 0.25) is 5.91 Å². The first kappa shape index (κ1) is 18.1. The number of carbonyl (C=O) groups is 1. The number of hydrogen-bond acceptors (Lipinski definition) is 4. The maximum Gasteiger partial charge on any atom is 0.233 e. The average Bonchev–Trinajstić information content (AvgIpc) is 3.52. The SMILES string of the molecule is COCc1cnc(C)nc1C1CCN(C(=O)C2(c3ccccc3)CC2)CC1. The third-order valence-electron chi connectivity index (χ3n) is 5.97. The highest BCUT2D eigenvalue weighted by Gasteiger charge is 2.53. The topological polar surface area (TPSA) is 55.3 Å². The van der Waals surface area contributed by atoms with Crippen LogP contribution in [0, 0.1) is 6.92 Å². The number of benzene rings is 1. The summed E-state index contributed by atoms with van der Waals surface area (Å²) in [5.41, 5.74) is 3.07. The van der Waals surface area contributed by atoms with Crippen LogP contribution in [0.2, 0.25) is 0 Å². The van der Waals surface area contributed by atoms with Crippen molar-refractivity contribution in [1.82, 2.24) is 14.9 Å².